The van der Waals surface area contributed by atoms with E-state index in [0.29, 0.717) is 30.6 Å². The van der Waals surface area contributed by atoms with Crippen molar-refractivity contribution in [2.24, 2.45) is 28.6 Å². The molecule has 0 amide bonds. The number of aromatic nitrogens is 1. The van der Waals surface area contributed by atoms with Gasteiger partial charge < -0.3 is 5.21 Å². The molecule has 6 unspecified atom stereocenters. The number of allylic oxidation sites excluding steroid dienone is 3. The molecule has 4 aliphatic carbocycles. The molecular weight excluding hydrogens is 414 g/mol. The Morgan fingerprint density at radius 2 is 1.90 bits per heavy atom. The number of nitrogens with zero attached hydrogens (tertiary/aromatic N) is 1. The molecule has 168 valence electrons. The molecule has 0 bridgehead atoms. The summed E-state index contributed by atoms with van der Waals surface area (Å²) in [6.07, 6.45) is 13.9. The van der Waals surface area contributed by atoms with E-state index in [2.05, 4.69) is 32.1 Å². The van der Waals surface area contributed by atoms with Gasteiger partial charge in [0.2, 0.25) is 0 Å². The van der Waals surface area contributed by atoms with Gasteiger partial charge in [-0.1, -0.05) is 31.6 Å². The van der Waals surface area contributed by atoms with Crippen LogP contribution in [0.15, 0.2) is 42.3 Å². The third kappa shape index (κ3) is 3.45. The lowest BCUT2D eigenvalue weighted by molar-refractivity contribution is -0.605. The van der Waals surface area contributed by atoms with Gasteiger partial charge in [0.1, 0.15) is 0 Å². The Morgan fingerprint density at radius 3 is 2.65 bits per heavy atom. The van der Waals surface area contributed by atoms with E-state index in [0.717, 1.165) is 42.4 Å². The standard InChI is InChI=1S/C24H31NO5S/c1-23-11-9-18(30-31(27,28)29)14-17(23)5-6-19-21-8-7-20(16-4-3-13-25(26)15-16)24(21,2)12-10-22(19)23/h3-5,7,13,15,18-19,21-22H,6,8-12,14H2,1-2H3,(H,27,28,29). The van der Waals surface area contributed by atoms with Gasteiger partial charge in [-0.3, -0.25) is 4.55 Å². The minimum absolute atomic E-state index is 0.0663. The Hall–Kier alpha value is -1.70. The van der Waals surface area contributed by atoms with Gasteiger partial charge in [-0.25, -0.2) is 4.18 Å². The molecule has 6 nitrogen and oxygen atoms in total. The first-order valence-corrected chi connectivity index (χ1v) is 12.7. The highest BCUT2D eigenvalue weighted by Gasteiger charge is 2.57. The van der Waals surface area contributed by atoms with Crippen molar-refractivity contribution in [2.75, 3.05) is 0 Å². The monoisotopic (exact) mass is 445 g/mol. The van der Waals surface area contributed by atoms with Crippen LogP contribution >= 0.6 is 0 Å². The first kappa shape index (κ1) is 21.2. The zero-order valence-corrected chi connectivity index (χ0v) is 19.0. The Morgan fingerprint density at radius 1 is 1.13 bits per heavy atom. The summed E-state index contributed by atoms with van der Waals surface area (Å²) in [5.74, 6) is 1.72. The van der Waals surface area contributed by atoms with Gasteiger partial charge in [-0.2, -0.15) is 13.1 Å². The molecule has 0 saturated heterocycles. The van der Waals surface area contributed by atoms with Crippen LogP contribution in [-0.2, 0) is 14.6 Å². The minimum Gasteiger partial charge on any atom is -0.619 e. The van der Waals surface area contributed by atoms with Crippen LogP contribution in [0.1, 0.15) is 64.4 Å². The average molecular weight is 446 g/mol. The lowest BCUT2D eigenvalue weighted by Gasteiger charge is -2.57. The Labute approximate surface area is 184 Å². The van der Waals surface area contributed by atoms with Gasteiger partial charge in [-0.15, -0.1) is 0 Å². The van der Waals surface area contributed by atoms with Crippen molar-refractivity contribution >= 4 is 16.0 Å². The lowest BCUT2D eigenvalue weighted by atomic mass is 9.47. The third-order valence-electron chi connectivity index (χ3n) is 8.98. The number of hydrogen-bond acceptors (Lipinski definition) is 4. The summed E-state index contributed by atoms with van der Waals surface area (Å²) < 4.78 is 37.3. The van der Waals surface area contributed by atoms with Gasteiger partial charge >= 0.3 is 10.4 Å². The Balaban J connectivity index is 1.40. The van der Waals surface area contributed by atoms with Gasteiger partial charge in [0.05, 0.1) is 6.10 Å². The predicted octanol–water partition coefficient (Wildman–Crippen LogP) is 4.46. The van der Waals surface area contributed by atoms with Gasteiger partial charge in [0.25, 0.3) is 0 Å². The van der Waals surface area contributed by atoms with Crippen LogP contribution in [0.3, 0.4) is 0 Å². The molecule has 1 heterocycles. The molecule has 0 radical (unpaired) electrons. The molecule has 2 fully saturated rings. The van der Waals surface area contributed by atoms with E-state index in [-0.39, 0.29) is 10.8 Å². The minimum atomic E-state index is -4.42. The van der Waals surface area contributed by atoms with E-state index < -0.39 is 16.5 Å². The second-order valence-electron chi connectivity index (χ2n) is 10.4. The first-order chi connectivity index (χ1) is 14.6. The Kier molecular flexibility index (Phi) is 4.88. The van der Waals surface area contributed by atoms with E-state index in [4.69, 9.17) is 8.74 Å². The van der Waals surface area contributed by atoms with E-state index in [1.807, 2.05) is 6.07 Å². The van der Waals surface area contributed by atoms with E-state index in [9.17, 15) is 13.6 Å². The van der Waals surface area contributed by atoms with Crippen LogP contribution in [0.25, 0.3) is 5.57 Å². The number of rotatable bonds is 3. The molecule has 1 N–H and O–H groups in total. The van der Waals surface area contributed by atoms with Gasteiger partial charge in [-0.05, 0) is 85.2 Å². The average Bonchev–Trinajstić information content (AvgIpc) is 3.04. The molecule has 1 aromatic rings. The van der Waals surface area contributed by atoms with Crippen LogP contribution in [0.4, 0.5) is 0 Å². The highest BCUT2D eigenvalue weighted by Crippen LogP contribution is 2.66. The largest absolute Gasteiger partial charge is 0.619 e. The molecule has 5 rings (SSSR count). The SMILES string of the molecule is CC12CCC(OS(=O)(=O)O)CC1=CCC1C2CCC2(C)C(c3ccc[n+]([O-])c3)=CCC12. The van der Waals surface area contributed by atoms with Gasteiger partial charge in [0.15, 0.2) is 12.4 Å². The van der Waals surface area contributed by atoms with Crippen LogP contribution in [0, 0.1) is 33.8 Å². The molecule has 0 aromatic carbocycles. The summed E-state index contributed by atoms with van der Waals surface area (Å²) >= 11 is 0. The van der Waals surface area contributed by atoms with E-state index >= 15 is 0 Å². The lowest BCUT2D eigenvalue weighted by Crippen LogP contribution is -2.50. The summed E-state index contributed by atoms with van der Waals surface area (Å²) in [4.78, 5) is 0. The molecule has 2 saturated carbocycles. The zero-order valence-electron chi connectivity index (χ0n) is 18.2. The fourth-order valence-corrected chi connectivity index (χ4v) is 8.02. The van der Waals surface area contributed by atoms with Crippen molar-refractivity contribution < 1.29 is 21.9 Å². The normalized spacial score (nSPS) is 39.7. The fraction of sp³-hybridized carbons (Fsp3) is 0.625. The van der Waals surface area contributed by atoms with Crippen molar-refractivity contribution in [3.63, 3.8) is 0 Å². The summed E-state index contributed by atoms with van der Waals surface area (Å²) in [5.41, 5.74) is 3.83. The first-order valence-electron chi connectivity index (χ1n) is 11.4. The zero-order chi connectivity index (χ0) is 22.0. The number of hydrogen-bond donors (Lipinski definition) is 1. The maximum Gasteiger partial charge on any atom is 0.397 e. The second kappa shape index (κ2) is 7.15. The summed E-state index contributed by atoms with van der Waals surface area (Å²) in [6.45, 7) is 4.73. The van der Waals surface area contributed by atoms with E-state index in [1.54, 1.807) is 6.20 Å². The molecule has 6 atom stereocenters. The van der Waals surface area contributed by atoms with E-state index in [1.165, 1.54) is 17.3 Å². The summed E-state index contributed by atoms with van der Waals surface area (Å²) in [5, 5.41) is 11.9. The van der Waals surface area contributed by atoms with Crippen molar-refractivity contribution in [3.8, 4) is 0 Å². The molecule has 1 aromatic heterocycles. The van der Waals surface area contributed by atoms with Crippen LogP contribution in [0.5, 0.6) is 0 Å². The van der Waals surface area contributed by atoms with Crippen LogP contribution < -0.4 is 4.73 Å². The molecule has 0 aliphatic heterocycles. The molecule has 31 heavy (non-hydrogen) atoms. The van der Waals surface area contributed by atoms with Crippen molar-refractivity contribution in [1.29, 1.82) is 0 Å². The Bertz CT molecular complexity index is 1060. The van der Waals surface area contributed by atoms with Crippen molar-refractivity contribution in [3.05, 3.63) is 53.0 Å². The maximum absolute atomic E-state index is 11.9. The summed E-state index contributed by atoms with van der Waals surface area (Å²) in [6, 6.07) is 3.88. The quantitative estimate of drug-likeness (QED) is 0.321. The van der Waals surface area contributed by atoms with Gasteiger partial charge in [0, 0.05) is 11.6 Å². The van der Waals surface area contributed by atoms with Crippen LogP contribution in [0.2, 0.25) is 0 Å². The molecule has 4 aliphatic rings. The number of fused-ring (bicyclic) bond motifs is 5. The second-order valence-corrected chi connectivity index (χ2v) is 11.5. The fourth-order valence-electron chi connectivity index (χ4n) is 7.51. The van der Waals surface area contributed by atoms with Crippen molar-refractivity contribution in [2.45, 2.75) is 64.9 Å². The predicted molar refractivity (Wildman–Crippen MR) is 117 cm³/mol. The molecule has 7 heteroatoms. The summed E-state index contributed by atoms with van der Waals surface area (Å²) in [7, 11) is -4.42. The number of pyridine rings is 1. The molecule has 0 spiro atoms. The highest BCUT2D eigenvalue weighted by atomic mass is 32.3. The third-order valence-corrected chi connectivity index (χ3v) is 9.50. The maximum atomic E-state index is 11.9. The molecular formula is C24H31NO5S. The topological polar surface area (TPSA) is 90.5 Å². The highest BCUT2D eigenvalue weighted by molar-refractivity contribution is 7.80. The smallest absolute Gasteiger partial charge is 0.397 e. The van der Waals surface area contributed by atoms with Crippen LogP contribution in [-0.4, -0.2) is 19.1 Å². The van der Waals surface area contributed by atoms with Crippen molar-refractivity contribution in [1.82, 2.24) is 0 Å².